The number of allylic oxidation sites excluding steroid dienone is 1. The van der Waals surface area contributed by atoms with Gasteiger partial charge >= 0.3 is 12.1 Å². The number of benzene rings is 1. The van der Waals surface area contributed by atoms with Crippen LogP contribution in [0.5, 0.6) is 0 Å². The number of carbonyl (C=O) groups is 2. The monoisotopic (exact) mass is 286 g/mol. The Hall–Kier alpha value is -2.81. The second-order valence-corrected chi connectivity index (χ2v) is 4.39. The van der Waals surface area contributed by atoms with Gasteiger partial charge in [-0.25, -0.2) is 9.59 Å². The van der Waals surface area contributed by atoms with Crippen LogP contribution in [-0.4, -0.2) is 18.7 Å². The molecule has 108 valence electrons. The lowest BCUT2D eigenvalue weighted by atomic mass is 9.96. The zero-order chi connectivity index (χ0) is 15.4. The van der Waals surface area contributed by atoms with Crippen molar-refractivity contribution in [3.63, 3.8) is 0 Å². The van der Waals surface area contributed by atoms with E-state index >= 15 is 0 Å². The standard InChI is InChI=1S/C15H14N2O4/c1-3-20-14(18)12-9(2)21-15(19)17-13(12)11-6-4-10(8-16)5-7-11/h4-7,13H,3H2,1-2H3,(H,17,19). The van der Waals surface area contributed by atoms with Gasteiger partial charge in [0, 0.05) is 0 Å². The van der Waals surface area contributed by atoms with Crippen LogP contribution in [0.15, 0.2) is 35.6 Å². The summed E-state index contributed by atoms with van der Waals surface area (Å²) in [5.74, 6) is -0.323. The van der Waals surface area contributed by atoms with Crippen LogP contribution in [0.25, 0.3) is 0 Å². The van der Waals surface area contributed by atoms with Gasteiger partial charge in [-0.2, -0.15) is 5.26 Å². The van der Waals surface area contributed by atoms with E-state index in [0.29, 0.717) is 11.1 Å². The lowest BCUT2D eigenvalue weighted by molar-refractivity contribution is -0.139. The van der Waals surface area contributed by atoms with E-state index in [1.165, 1.54) is 0 Å². The summed E-state index contributed by atoms with van der Waals surface area (Å²) < 4.78 is 9.94. The maximum Gasteiger partial charge on any atom is 0.413 e. The number of amides is 1. The molecule has 1 aromatic rings. The van der Waals surface area contributed by atoms with Crippen molar-refractivity contribution in [2.45, 2.75) is 19.9 Å². The summed E-state index contributed by atoms with van der Waals surface area (Å²) in [5, 5.41) is 11.4. The summed E-state index contributed by atoms with van der Waals surface area (Å²) in [6.07, 6.45) is -0.630. The molecule has 1 N–H and O–H groups in total. The number of carbonyl (C=O) groups excluding carboxylic acids is 2. The SMILES string of the molecule is CCOC(=O)C1=C(C)OC(=O)NC1c1ccc(C#N)cc1. The average molecular weight is 286 g/mol. The summed E-state index contributed by atoms with van der Waals surface area (Å²) in [6, 6.07) is 7.96. The Morgan fingerprint density at radius 2 is 2.10 bits per heavy atom. The third-order valence-electron chi connectivity index (χ3n) is 3.04. The van der Waals surface area contributed by atoms with Crippen molar-refractivity contribution in [2.24, 2.45) is 0 Å². The van der Waals surface area contributed by atoms with Crippen molar-refractivity contribution in [1.29, 1.82) is 5.26 Å². The molecule has 0 saturated heterocycles. The summed E-state index contributed by atoms with van der Waals surface area (Å²) in [5.41, 5.74) is 1.42. The second kappa shape index (κ2) is 6.09. The van der Waals surface area contributed by atoms with Crippen molar-refractivity contribution < 1.29 is 19.1 Å². The number of ether oxygens (including phenoxy) is 2. The minimum atomic E-state index is -0.655. The first-order chi connectivity index (χ1) is 10.1. The van der Waals surface area contributed by atoms with Crippen molar-refractivity contribution in [3.8, 4) is 6.07 Å². The van der Waals surface area contributed by atoms with Crippen molar-refractivity contribution in [1.82, 2.24) is 5.32 Å². The van der Waals surface area contributed by atoms with Gasteiger partial charge in [-0.15, -0.1) is 0 Å². The summed E-state index contributed by atoms with van der Waals surface area (Å²) in [7, 11) is 0. The van der Waals surface area contributed by atoms with Gasteiger partial charge in [-0.05, 0) is 31.5 Å². The second-order valence-electron chi connectivity index (χ2n) is 4.39. The van der Waals surface area contributed by atoms with Gasteiger partial charge in [0.15, 0.2) is 0 Å². The van der Waals surface area contributed by atoms with Gasteiger partial charge in [0.1, 0.15) is 11.3 Å². The lowest BCUT2D eigenvalue weighted by Crippen LogP contribution is -2.38. The Bertz CT molecular complexity index is 641. The molecule has 0 spiro atoms. The summed E-state index contributed by atoms with van der Waals surface area (Å²) >= 11 is 0. The fourth-order valence-electron chi connectivity index (χ4n) is 2.09. The van der Waals surface area contributed by atoms with Crippen LogP contribution >= 0.6 is 0 Å². The van der Waals surface area contributed by atoms with Crippen LogP contribution in [0.2, 0.25) is 0 Å². The lowest BCUT2D eigenvalue weighted by Gasteiger charge is -2.26. The topological polar surface area (TPSA) is 88.4 Å². The zero-order valence-electron chi connectivity index (χ0n) is 11.7. The molecule has 1 unspecified atom stereocenters. The van der Waals surface area contributed by atoms with Gasteiger partial charge in [-0.3, -0.25) is 0 Å². The molecule has 6 nitrogen and oxygen atoms in total. The molecule has 0 bridgehead atoms. The highest BCUT2D eigenvalue weighted by atomic mass is 16.6. The smallest absolute Gasteiger partial charge is 0.413 e. The van der Waals surface area contributed by atoms with Gasteiger partial charge in [-0.1, -0.05) is 12.1 Å². The van der Waals surface area contributed by atoms with E-state index in [4.69, 9.17) is 14.7 Å². The molecule has 1 atom stereocenters. The zero-order valence-corrected chi connectivity index (χ0v) is 11.7. The predicted molar refractivity (Wildman–Crippen MR) is 72.8 cm³/mol. The van der Waals surface area contributed by atoms with E-state index in [9.17, 15) is 9.59 Å². The number of nitrogens with zero attached hydrogens (tertiary/aromatic N) is 1. The number of cyclic esters (lactones) is 1. The van der Waals surface area contributed by atoms with Crippen molar-refractivity contribution in [3.05, 3.63) is 46.7 Å². The minimum Gasteiger partial charge on any atom is -0.462 e. The Balaban J connectivity index is 2.42. The molecular formula is C15H14N2O4. The van der Waals surface area contributed by atoms with Gasteiger partial charge in [0.2, 0.25) is 0 Å². The molecular weight excluding hydrogens is 272 g/mol. The quantitative estimate of drug-likeness (QED) is 0.860. The fourth-order valence-corrected chi connectivity index (χ4v) is 2.09. The van der Waals surface area contributed by atoms with Gasteiger partial charge in [0.05, 0.1) is 24.3 Å². The Morgan fingerprint density at radius 1 is 1.43 bits per heavy atom. The van der Waals surface area contributed by atoms with Crippen molar-refractivity contribution in [2.75, 3.05) is 6.61 Å². The molecule has 1 aliphatic heterocycles. The largest absolute Gasteiger partial charge is 0.462 e. The molecule has 0 aromatic heterocycles. The Kier molecular flexibility index (Phi) is 4.24. The molecule has 1 amide bonds. The first kappa shape index (κ1) is 14.6. The number of hydrogen-bond acceptors (Lipinski definition) is 5. The molecule has 1 heterocycles. The number of nitriles is 1. The number of rotatable bonds is 3. The van der Waals surface area contributed by atoms with Crippen molar-refractivity contribution >= 4 is 12.1 Å². The summed E-state index contributed by atoms with van der Waals surface area (Å²) in [4.78, 5) is 23.6. The molecule has 0 saturated carbocycles. The van der Waals surface area contributed by atoms with Crippen LogP contribution in [0, 0.1) is 11.3 Å². The maximum atomic E-state index is 12.1. The van der Waals surface area contributed by atoms with E-state index in [0.717, 1.165) is 0 Å². The van der Waals surface area contributed by atoms with Crippen LogP contribution < -0.4 is 5.32 Å². The highest BCUT2D eigenvalue weighted by molar-refractivity contribution is 5.93. The normalized spacial score (nSPS) is 17.6. The number of esters is 1. The van der Waals surface area contributed by atoms with E-state index < -0.39 is 18.1 Å². The number of nitrogens with one attached hydrogen (secondary N) is 1. The minimum absolute atomic E-state index is 0.214. The molecule has 1 aliphatic rings. The molecule has 1 aromatic carbocycles. The molecule has 0 radical (unpaired) electrons. The molecule has 2 rings (SSSR count). The molecule has 0 fully saturated rings. The first-order valence-electron chi connectivity index (χ1n) is 6.43. The number of hydrogen-bond donors (Lipinski definition) is 1. The van der Waals surface area contributed by atoms with Crippen LogP contribution in [0.4, 0.5) is 4.79 Å². The Labute approximate surface area is 122 Å². The highest BCUT2D eigenvalue weighted by Gasteiger charge is 2.33. The number of alkyl carbamates (subject to hydrolysis) is 1. The third kappa shape index (κ3) is 3.03. The average Bonchev–Trinajstić information content (AvgIpc) is 2.46. The van der Waals surface area contributed by atoms with E-state index in [2.05, 4.69) is 5.32 Å². The third-order valence-corrected chi connectivity index (χ3v) is 3.04. The van der Waals surface area contributed by atoms with E-state index in [1.807, 2.05) is 6.07 Å². The molecule has 21 heavy (non-hydrogen) atoms. The van der Waals surface area contributed by atoms with Gasteiger partial charge < -0.3 is 14.8 Å². The molecule has 0 aliphatic carbocycles. The first-order valence-corrected chi connectivity index (χ1v) is 6.43. The van der Waals surface area contributed by atoms with E-state index in [-0.39, 0.29) is 17.9 Å². The highest BCUT2D eigenvalue weighted by Crippen LogP contribution is 2.29. The van der Waals surface area contributed by atoms with Crippen LogP contribution in [0.1, 0.15) is 31.0 Å². The maximum absolute atomic E-state index is 12.1. The molecule has 6 heteroatoms. The predicted octanol–water partition coefficient (Wildman–Crippen LogP) is 2.18. The van der Waals surface area contributed by atoms with Gasteiger partial charge in [0.25, 0.3) is 0 Å². The van der Waals surface area contributed by atoms with Crippen LogP contribution in [0.3, 0.4) is 0 Å². The fraction of sp³-hybridized carbons (Fsp3) is 0.267. The van der Waals surface area contributed by atoms with Crippen LogP contribution in [-0.2, 0) is 14.3 Å². The van der Waals surface area contributed by atoms with E-state index in [1.54, 1.807) is 38.1 Å². The summed E-state index contributed by atoms with van der Waals surface area (Å²) in [6.45, 7) is 3.47. The Morgan fingerprint density at radius 3 is 2.67 bits per heavy atom.